The SMILES string of the molecule is CC(C)(C)OC(=O)N1CC[C@H]1C(=O)C1C(=O)c2ccc(Oc3ccc4c(c3)C(=O)C(C(=O)[C@@H]3CCN3C(=O)OC(C)(C)C)C4=O)cc2C1=O. The van der Waals surface area contributed by atoms with Crippen molar-refractivity contribution < 1.29 is 52.6 Å². The van der Waals surface area contributed by atoms with Crippen LogP contribution in [0.2, 0.25) is 0 Å². The van der Waals surface area contributed by atoms with E-state index in [1.54, 1.807) is 41.5 Å². The molecule has 4 atom stereocenters. The molecule has 4 aliphatic rings. The summed E-state index contributed by atoms with van der Waals surface area (Å²) in [7, 11) is 0. The minimum absolute atomic E-state index is 0.0166. The summed E-state index contributed by atoms with van der Waals surface area (Å²) >= 11 is 0. The average Bonchev–Trinajstić information content (AvgIpc) is 3.33. The minimum atomic E-state index is -1.60. The predicted octanol–water partition coefficient (Wildman–Crippen LogP) is 4.63. The lowest BCUT2D eigenvalue weighted by Crippen LogP contribution is -2.58. The second kappa shape index (κ2) is 11.7. The Balaban J connectivity index is 1.15. The fraction of sp³-hybridized carbons (Fsp3) is 0.444. The van der Waals surface area contributed by atoms with Crippen LogP contribution in [0.4, 0.5) is 9.59 Å². The molecule has 13 heteroatoms. The summed E-state index contributed by atoms with van der Waals surface area (Å²) in [6.45, 7) is 10.7. The molecule has 0 spiro atoms. The van der Waals surface area contributed by atoms with Gasteiger partial charge in [-0.2, -0.15) is 0 Å². The number of fused-ring (bicyclic) bond motifs is 2. The number of ether oxygens (including phenoxy) is 3. The molecule has 2 unspecified atom stereocenters. The summed E-state index contributed by atoms with van der Waals surface area (Å²) in [5.41, 5.74) is -1.51. The summed E-state index contributed by atoms with van der Waals surface area (Å²) in [5, 5.41) is 0. The number of likely N-dealkylation sites (tertiary alicyclic amines) is 2. The van der Waals surface area contributed by atoms with E-state index < -0.39 is 82.0 Å². The molecule has 2 aromatic carbocycles. The van der Waals surface area contributed by atoms with Gasteiger partial charge in [0.2, 0.25) is 0 Å². The van der Waals surface area contributed by atoms with Crippen LogP contribution in [0.15, 0.2) is 36.4 Å². The zero-order valence-electron chi connectivity index (χ0n) is 28.0. The van der Waals surface area contributed by atoms with Crippen molar-refractivity contribution >= 4 is 46.9 Å². The highest BCUT2D eigenvalue weighted by Crippen LogP contribution is 2.38. The van der Waals surface area contributed by atoms with Gasteiger partial charge in [-0.3, -0.25) is 38.6 Å². The van der Waals surface area contributed by atoms with Gasteiger partial charge in [0, 0.05) is 35.3 Å². The van der Waals surface area contributed by atoms with Crippen molar-refractivity contribution in [3.8, 4) is 11.5 Å². The lowest BCUT2D eigenvalue weighted by atomic mass is 9.87. The molecule has 0 radical (unpaired) electrons. The zero-order valence-corrected chi connectivity index (χ0v) is 28.0. The number of carbonyl (C=O) groups excluding carboxylic acids is 8. The van der Waals surface area contributed by atoms with E-state index in [0.717, 1.165) is 0 Å². The summed E-state index contributed by atoms with van der Waals surface area (Å²) in [5.74, 6) is -7.04. The quantitative estimate of drug-likeness (QED) is 0.392. The molecule has 49 heavy (non-hydrogen) atoms. The van der Waals surface area contributed by atoms with Crippen LogP contribution in [0.3, 0.4) is 0 Å². The first-order chi connectivity index (χ1) is 22.9. The van der Waals surface area contributed by atoms with Crippen molar-refractivity contribution in [1.82, 2.24) is 9.80 Å². The number of amides is 2. The normalized spacial score (nSPS) is 23.0. The highest BCUT2D eigenvalue weighted by molar-refractivity contribution is 6.37. The van der Waals surface area contributed by atoms with Crippen LogP contribution in [-0.4, -0.2) is 93.1 Å². The Morgan fingerprint density at radius 3 is 1.22 bits per heavy atom. The monoisotopic (exact) mass is 672 g/mol. The lowest BCUT2D eigenvalue weighted by Gasteiger charge is -2.40. The third kappa shape index (κ3) is 6.02. The van der Waals surface area contributed by atoms with Gasteiger partial charge in [0.05, 0.1) is 12.1 Å². The highest BCUT2D eigenvalue weighted by Gasteiger charge is 2.52. The van der Waals surface area contributed by atoms with E-state index in [1.165, 1.54) is 46.2 Å². The maximum Gasteiger partial charge on any atom is 0.410 e. The molecule has 0 N–H and O–H groups in total. The fourth-order valence-corrected chi connectivity index (χ4v) is 6.35. The molecule has 2 saturated heterocycles. The highest BCUT2D eigenvalue weighted by atomic mass is 16.6. The van der Waals surface area contributed by atoms with Gasteiger partial charge in [0.15, 0.2) is 34.7 Å². The Kier molecular flexibility index (Phi) is 8.07. The topological polar surface area (TPSA) is 171 Å². The zero-order chi connectivity index (χ0) is 35.7. The minimum Gasteiger partial charge on any atom is -0.457 e. The first kappa shape index (κ1) is 33.7. The molecule has 0 bridgehead atoms. The Bertz CT molecular complexity index is 1730. The van der Waals surface area contributed by atoms with Crippen molar-refractivity contribution in [2.24, 2.45) is 11.8 Å². The summed E-state index contributed by atoms with van der Waals surface area (Å²) < 4.78 is 16.6. The Morgan fingerprint density at radius 1 is 0.571 bits per heavy atom. The number of hydrogen-bond donors (Lipinski definition) is 0. The van der Waals surface area contributed by atoms with E-state index in [2.05, 4.69) is 0 Å². The lowest BCUT2D eigenvalue weighted by molar-refractivity contribution is -0.130. The van der Waals surface area contributed by atoms with Crippen molar-refractivity contribution in [1.29, 1.82) is 0 Å². The van der Waals surface area contributed by atoms with Gasteiger partial charge < -0.3 is 14.2 Å². The molecule has 0 aromatic heterocycles. The summed E-state index contributed by atoms with van der Waals surface area (Å²) in [6.07, 6.45) is -0.790. The summed E-state index contributed by atoms with van der Waals surface area (Å²) in [6, 6.07) is 6.35. The van der Waals surface area contributed by atoms with Crippen LogP contribution < -0.4 is 4.74 Å². The van der Waals surface area contributed by atoms with Crippen LogP contribution >= 0.6 is 0 Å². The first-order valence-corrected chi connectivity index (χ1v) is 16.1. The molecule has 2 aromatic rings. The van der Waals surface area contributed by atoms with Crippen LogP contribution in [0, 0.1) is 11.8 Å². The van der Waals surface area contributed by atoms with Gasteiger partial charge in [-0.05, 0) is 90.8 Å². The molecule has 0 saturated carbocycles. The van der Waals surface area contributed by atoms with Crippen molar-refractivity contribution in [3.05, 3.63) is 58.7 Å². The predicted molar refractivity (Wildman–Crippen MR) is 170 cm³/mol. The van der Waals surface area contributed by atoms with Gasteiger partial charge in [0.25, 0.3) is 0 Å². The Hall–Kier alpha value is -5.20. The maximum atomic E-state index is 13.4. The number of nitrogens with zero attached hydrogens (tertiary/aromatic N) is 2. The van der Waals surface area contributed by atoms with E-state index >= 15 is 0 Å². The van der Waals surface area contributed by atoms with Gasteiger partial charge >= 0.3 is 12.2 Å². The molecule has 2 amide bonds. The Labute approximate surface area is 281 Å². The van der Waals surface area contributed by atoms with Crippen molar-refractivity contribution in [2.45, 2.75) is 77.7 Å². The number of hydrogen-bond acceptors (Lipinski definition) is 11. The Morgan fingerprint density at radius 2 is 0.918 bits per heavy atom. The molecular weight excluding hydrogens is 636 g/mol. The van der Waals surface area contributed by atoms with Crippen LogP contribution in [0.5, 0.6) is 11.5 Å². The van der Waals surface area contributed by atoms with Gasteiger partial charge in [-0.15, -0.1) is 0 Å². The second-order valence-electron chi connectivity index (χ2n) is 14.6. The van der Waals surface area contributed by atoms with E-state index in [4.69, 9.17) is 14.2 Å². The van der Waals surface area contributed by atoms with Gasteiger partial charge in [0.1, 0.15) is 34.5 Å². The van der Waals surface area contributed by atoms with Crippen LogP contribution in [0.25, 0.3) is 0 Å². The largest absolute Gasteiger partial charge is 0.457 e. The van der Waals surface area contributed by atoms with Crippen LogP contribution in [0.1, 0.15) is 95.8 Å². The molecule has 2 aliphatic carbocycles. The summed E-state index contributed by atoms with van der Waals surface area (Å²) in [4.78, 5) is 107. The average molecular weight is 673 g/mol. The molecular formula is C36H36N2O11. The van der Waals surface area contributed by atoms with Crippen molar-refractivity contribution in [3.63, 3.8) is 0 Å². The number of carbonyl (C=O) groups is 8. The van der Waals surface area contributed by atoms with Crippen LogP contribution in [-0.2, 0) is 19.1 Å². The maximum absolute atomic E-state index is 13.4. The second-order valence-corrected chi connectivity index (χ2v) is 14.6. The van der Waals surface area contributed by atoms with Gasteiger partial charge in [-0.25, -0.2) is 9.59 Å². The smallest absolute Gasteiger partial charge is 0.410 e. The molecule has 2 fully saturated rings. The van der Waals surface area contributed by atoms with E-state index in [-0.39, 0.29) is 46.8 Å². The number of ketones is 6. The van der Waals surface area contributed by atoms with E-state index in [0.29, 0.717) is 12.8 Å². The fourth-order valence-electron chi connectivity index (χ4n) is 6.35. The van der Waals surface area contributed by atoms with E-state index in [9.17, 15) is 38.4 Å². The number of benzene rings is 2. The molecule has 6 rings (SSSR count). The first-order valence-electron chi connectivity index (χ1n) is 16.1. The third-order valence-electron chi connectivity index (χ3n) is 8.85. The molecule has 2 aliphatic heterocycles. The van der Waals surface area contributed by atoms with Crippen molar-refractivity contribution in [2.75, 3.05) is 13.1 Å². The molecule has 256 valence electrons. The third-order valence-corrected chi connectivity index (χ3v) is 8.85. The number of Topliss-reactive ketones (excluding diaryl/α,β-unsaturated/α-hetero) is 6. The number of rotatable bonds is 6. The van der Waals surface area contributed by atoms with Gasteiger partial charge in [-0.1, -0.05) is 0 Å². The standard InChI is InChI=1S/C36H36N2O11/c1-35(2,3)48-33(45)37-13-11-23(37)31(43)25-27(39)19-9-7-17(15-21(19)29(25)41)47-18-8-10-20-22(16-18)30(42)26(28(20)40)32(44)24-12-14-38(24)34(46)49-36(4,5)6/h7-10,15-16,23-26H,11-14H2,1-6H3/t23-,24-,25?,26?/m0/s1. The molecule has 2 heterocycles. The molecule has 13 nitrogen and oxygen atoms in total. The van der Waals surface area contributed by atoms with E-state index in [1.807, 2.05) is 0 Å².